The van der Waals surface area contributed by atoms with Gasteiger partial charge in [0.05, 0.1) is 6.54 Å². The van der Waals surface area contributed by atoms with Gasteiger partial charge in [-0.3, -0.25) is 9.89 Å². The number of nitrogens with zero attached hydrogens (tertiary/aromatic N) is 1. The van der Waals surface area contributed by atoms with Gasteiger partial charge in [-0.15, -0.1) is 0 Å². The zero-order chi connectivity index (χ0) is 10.3. The van der Waals surface area contributed by atoms with Crippen molar-refractivity contribution in [2.24, 2.45) is 0 Å². The Hall–Kier alpha value is -1.37. The minimum absolute atomic E-state index is 0.989. The van der Waals surface area contributed by atoms with Crippen molar-refractivity contribution in [1.82, 2.24) is 0 Å². The van der Waals surface area contributed by atoms with E-state index >= 15 is 0 Å². The van der Waals surface area contributed by atoms with Crippen LogP contribution in [-0.4, -0.2) is 16.9 Å². The summed E-state index contributed by atoms with van der Waals surface area (Å²) < 4.78 is 0.989. The van der Waals surface area contributed by atoms with Crippen LogP contribution in [-0.2, 0) is 13.1 Å². The first kappa shape index (κ1) is 8.90. The molecule has 0 saturated carbocycles. The summed E-state index contributed by atoms with van der Waals surface area (Å²) in [6.45, 7) is 3.35. The van der Waals surface area contributed by atoms with Gasteiger partial charge in [-0.05, 0) is 0 Å². The predicted octanol–water partition coefficient (Wildman–Crippen LogP) is 2.44. The molecule has 2 aliphatic heterocycles. The number of fused-ring (bicyclic) bond motifs is 1. The molecule has 0 aromatic heterocycles. The maximum Gasteiger partial charge on any atom is 0.171 e. The molecule has 3 rings (SSSR count). The van der Waals surface area contributed by atoms with Crippen LogP contribution >= 0.6 is 0 Å². The van der Waals surface area contributed by atoms with E-state index < -0.39 is 0 Å². The van der Waals surface area contributed by atoms with Crippen LogP contribution in [0.3, 0.4) is 0 Å². The molecule has 0 bridgehead atoms. The molecule has 1 saturated heterocycles. The average Bonchev–Trinajstić information content (AvgIpc) is 2.81. The lowest BCUT2D eigenvalue weighted by Crippen LogP contribution is -2.37. The molecule has 1 spiro atoms. The van der Waals surface area contributed by atoms with Crippen LogP contribution < -0.4 is 0 Å². The van der Waals surface area contributed by atoms with Crippen LogP contribution in [0, 0.1) is 5.41 Å². The zero-order valence-corrected chi connectivity index (χ0v) is 8.79. The molecular weight excluding hydrogens is 184 g/mol. The highest BCUT2D eigenvalue weighted by Gasteiger charge is 2.43. The fraction of sp³-hybridized carbons (Fsp3) is 0.385. The van der Waals surface area contributed by atoms with Crippen molar-refractivity contribution in [2.75, 3.05) is 6.54 Å². The Morgan fingerprint density at radius 3 is 2.40 bits per heavy atom. The van der Waals surface area contributed by atoms with Crippen molar-refractivity contribution in [1.29, 1.82) is 5.41 Å². The Morgan fingerprint density at radius 1 is 1.13 bits per heavy atom. The van der Waals surface area contributed by atoms with E-state index in [0.717, 1.165) is 24.0 Å². The molecule has 1 N–H and O–H groups in total. The van der Waals surface area contributed by atoms with Crippen molar-refractivity contribution >= 4 is 5.87 Å². The number of hydrogen-bond donors (Lipinski definition) is 1. The SMILES string of the molecule is N=C=C1CCC[N+]12Cc1ccccc1C2. The standard InChI is InChI=1S/C13H15N2/c14-8-13-6-3-7-15(13)9-11-4-1-2-5-12(11)10-15/h1-2,4-5,14H,3,6-7,9-10H2/q+1. The topological polar surface area (TPSA) is 23.9 Å². The van der Waals surface area contributed by atoms with Crippen LogP contribution in [0.5, 0.6) is 0 Å². The second-order valence-corrected chi connectivity index (χ2v) is 4.63. The Morgan fingerprint density at radius 2 is 1.80 bits per heavy atom. The lowest BCUT2D eigenvalue weighted by atomic mass is 10.1. The molecule has 2 heteroatoms. The Bertz CT molecular complexity index is 430. The molecule has 2 heterocycles. The maximum atomic E-state index is 7.39. The second kappa shape index (κ2) is 3.06. The highest BCUT2D eigenvalue weighted by Crippen LogP contribution is 2.39. The second-order valence-electron chi connectivity index (χ2n) is 4.63. The summed E-state index contributed by atoms with van der Waals surface area (Å²) in [5.41, 5.74) is 4.13. The Kier molecular flexibility index (Phi) is 1.82. The van der Waals surface area contributed by atoms with Crippen LogP contribution in [0.15, 0.2) is 30.0 Å². The number of nitrogens with one attached hydrogen (secondary N) is 1. The fourth-order valence-corrected chi connectivity index (χ4v) is 3.03. The molecule has 2 aliphatic rings. The first-order valence-electron chi connectivity index (χ1n) is 5.56. The molecular formula is C13H15N2+. The molecule has 1 fully saturated rings. The van der Waals surface area contributed by atoms with Gasteiger partial charge < -0.3 is 0 Å². The third-order valence-corrected chi connectivity index (χ3v) is 3.78. The van der Waals surface area contributed by atoms with Gasteiger partial charge in [-0.25, -0.2) is 0 Å². The molecule has 1 aromatic carbocycles. The molecule has 1 aromatic rings. The first-order chi connectivity index (χ1) is 7.34. The summed E-state index contributed by atoms with van der Waals surface area (Å²) >= 11 is 0. The van der Waals surface area contributed by atoms with Gasteiger partial charge >= 0.3 is 0 Å². The van der Waals surface area contributed by atoms with E-state index in [1.807, 2.05) is 0 Å². The lowest BCUT2D eigenvalue weighted by molar-refractivity contribution is -0.901. The van der Waals surface area contributed by atoms with Crippen molar-refractivity contribution in [2.45, 2.75) is 25.9 Å². The predicted molar refractivity (Wildman–Crippen MR) is 59.5 cm³/mol. The van der Waals surface area contributed by atoms with E-state index in [1.54, 1.807) is 0 Å². The molecule has 0 unspecified atom stereocenters. The van der Waals surface area contributed by atoms with Crippen molar-refractivity contribution < 1.29 is 4.48 Å². The summed E-state index contributed by atoms with van der Waals surface area (Å²) in [5.74, 6) is 2.67. The third kappa shape index (κ3) is 1.19. The highest BCUT2D eigenvalue weighted by molar-refractivity contribution is 5.52. The van der Waals surface area contributed by atoms with Crippen LogP contribution in [0.4, 0.5) is 0 Å². The van der Waals surface area contributed by atoms with E-state index in [2.05, 4.69) is 30.1 Å². The summed E-state index contributed by atoms with van der Waals surface area (Å²) in [7, 11) is 0. The van der Waals surface area contributed by atoms with E-state index in [1.165, 1.54) is 29.8 Å². The van der Waals surface area contributed by atoms with E-state index in [0.29, 0.717) is 0 Å². The summed E-state index contributed by atoms with van der Waals surface area (Å²) in [4.78, 5) is 0. The molecule has 15 heavy (non-hydrogen) atoms. The average molecular weight is 199 g/mol. The monoisotopic (exact) mass is 199 g/mol. The first-order valence-corrected chi connectivity index (χ1v) is 5.56. The van der Waals surface area contributed by atoms with Crippen LogP contribution in [0.1, 0.15) is 24.0 Å². The number of hydrogen-bond acceptors (Lipinski definition) is 1. The third-order valence-electron chi connectivity index (χ3n) is 3.78. The number of quaternary nitrogens is 1. The van der Waals surface area contributed by atoms with E-state index in [4.69, 9.17) is 5.41 Å². The van der Waals surface area contributed by atoms with E-state index in [9.17, 15) is 0 Å². The molecule has 2 nitrogen and oxygen atoms in total. The van der Waals surface area contributed by atoms with Gasteiger partial charge in [0.15, 0.2) is 5.70 Å². The molecule has 0 atom stereocenters. The lowest BCUT2D eigenvalue weighted by Gasteiger charge is -2.28. The molecule has 0 radical (unpaired) electrons. The van der Waals surface area contributed by atoms with Gasteiger partial charge in [-0.2, -0.15) is 0 Å². The molecule has 76 valence electrons. The molecule has 0 amide bonds. The Labute approximate surface area is 89.9 Å². The normalized spacial score (nSPS) is 21.7. The number of benzene rings is 1. The number of rotatable bonds is 0. The fourth-order valence-electron chi connectivity index (χ4n) is 3.03. The minimum atomic E-state index is 0.989. The van der Waals surface area contributed by atoms with Crippen molar-refractivity contribution in [3.8, 4) is 0 Å². The van der Waals surface area contributed by atoms with Gasteiger partial charge in [-0.1, -0.05) is 24.3 Å². The van der Waals surface area contributed by atoms with Gasteiger partial charge in [0.25, 0.3) is 0 Å². The summed E-state index contributed by atoms with van der Waals surface area (Å²) in [6, 6.07) is 8.68. The van der Waals surface area contributed by atoms with Gasteiger partial charge in [0.2, 0.25) is 0 Å². The summed E-state index contributed by atoms with van der Waals surface area (Å²) in [6.07, 6.45) is 2.28. The van der Waals surface area contributed by atoms with Crippen LogP contribution in [0.2, 0.25) is 0 Å². The highest BCUT2D eigenvalue weighted by atomic mass is 15.4. The Balaban J connectivity index is 2.04. The van der Waals surface area contributed by atoms with Gasteiger partial charge in [0.1, 0.15) is 13.1 Å². The number of allylic oxidation sites excluding steroid dienone is 1. The zero-order valence-electron chi connectivity index (χ0n) is 8.79. The van der Waals surface area contributed by atoms with Crippen molar-refractivity contribution in [3.05, 3.63) is 41.1 Å². The largest absolute Gasteiger partial charge is 0.279 e. The smallest absolute Gasteiger partial charge is 0.171 e. The minimum Gasteiger partial charge on any atom is -0.279 e. The summed E-state index contributed by atoms with van der Waals surface area (Å²) in [5, 5.41) is 7.39. The van der Waals surface area contributed by atoms with E-state index in [-0.39, 0.29) is 0 Å². The van der Waals surface area contributed by atoms with Crippen LogP contribution in [0.25, 0.3) is 0 Å². The van der Waals surface area contributed by atoms with Gasteiger partial charge in [0, 0.05) is 29.8 Å². The quantitative estimate of drug-likeness (QED) is 0.490. The van der Waals surface area contributed by atoms with Crippen molar-refractivity contribution in [3.63, 3.8) is 0 Å². The molecule has 0 aliphatic carbocycles. The maximum absolute atomic E-state index is 7.39.